The monoisotopic (exact) mass is 206 g/mol. The Morgan fingerprint density at radius 1 is 1.47 bits per heavy atom. The van der Waals surface area contributed by atoms with Gasteiger partial charge in [0.1, 0.15) is 12.7 Å². The molecule has 1 unspecified atom stereocenters. The predicted octanol–water partition coefficient (Wildman–Crippen LogP) is -0.604. The van der Waals surface area contributed by atoms with E-state index in [9.17, 15) is 4.79 Å². The van der Waals surface area contributed by atoms with Crippen LogP contribution >= 0.6 is 0 Å². The molecule has 2 rings (SSSR count). The van der Waals surface area contributed by atoms with Gasteiger partial charge in [0.2, 0.25) is 5.91 Å². The van der Waals surface area contributed by atoms with Crippen LogP contribution in [0.25, 0.3) is 11.2 Å². The molecule has 2 aromatic rings. The van der Waals surface area contributed by atoms with Crippen LogP contribution in [0.5, 0.6) is 0 Å². The molecule has 0 aliphatic heterocycles. The third-order valence-corrected chi connectivity index (χ3v) is 1.99. The smallest absolute Gasteiger partial charge is 0.250 e. The first-order valence-corrected chi connectivity index (χ1v) is 4.34. The molecule has 0 saturated carbocycles. The highest BCUT2D eigenvalue weighted by atomic mass is 16.2. The maximum absolute atomic E-state index is 11.6. The van der Waals surface area contributed by atoms with Gasteiger partial charge in [-0.3, -0.25) is 9.36 Å². The summed E-state index contributed by atoms with van der Waals surface area (Å²) >= 11 is 0. The topological polar surface area (TPSA) is 113 Å². The average Bonchev–Trinajstić information content (AvgIpc) is 2.61. The lowest BCUT2D eigenvalue weighted by Crippen LogP contribution is -2.31. The Bertz CT molecular complexity index is 517. The van der Waals surface area contributed by atoms with Crippen LogP contribution in [0.15, 0.2) is 12.7 Å². The molecular weight excluding hydrogens is 196 g/mol. The second kappa shape index (κ2) is 3.28. The number of nitrogens with two attached hydrogens (primary N) is 2. The zero-order valence-corrected chi connectivity index (χ0v) is 8.08. The maximum Gasteiger partial charge on any atom is 0.250 e. The summed E-state index contributed by atoms with van der Waals surface area (Å²) in [7, 11) is 0. The molecule has 4 N–H and O–H groups in total. The first kappa shape index (κ1) is 9.53. The molecule has 0 bridgehead atoms. The largest absolute Gasteiger partial charge is 0.382 e. The standard InChI is InChI=1S/C8H10N6O/c1-4(9)8(15)14-3-13-5-6(10)11-2-12-7(5)14/h2-4H,9H2,1H3,(H2,10,11,12). The number of imidazole rings is 1. The van der Waals surface area contributed by atoms with Crippen molar-refractivity contribution in [3.05, 3.63) is 12.7 Å². The zero-order chi connectivity index (χ0) is 11.0. The minimum atomic E-state index is -0.612. The van der Waals surface area contributed by atoms with E-state index >= 15 is 0 Å². The van der Waals surface area contributed by atoms with Gasteiger partial charge in [-0.15, -0.1) is 0 Å². The van der Waals surface area contributed by atoms with Gasteiger partial charge in [0, 0.05) is 0 Å². The maximum atomic E-state index is 11.6. The highest BCUT2D eigenvalue weighted by Crippen LogP contribution is 2.13. The van der Waals surface area contributed by atoms with Crippen LogP contribution in [0.1, 0.15) is 11.7 Å². The Kier molecular flexibility index (Phi) is 2.09. The molecule has 15 heavy (non-hydrogen) atoms. The molecule has 0 spiro atoms. The van der Waals surface area contributed by atoms with Gasteiger partial charge in [-0.1, -0.05) is 0 Å². The van der Waals surface area contributed by atoms with E-state index in [1.54, 1.807) is 6.92 Å². The summed E-state index contributed by atoms with van der Waals surface area (Å²) in [5.41, 5.74) is 11.8. The van der Waals surface area contributed by atoms with Gasteiger partial charge in [-0.2, -0.15) is 0 Å². The fourth-order valence-corrected chi connectivity index (χ4v) is 1.23. The Hall–Kier alpha value is -2.02. The van der Waals surface area contributed by atoms with Crippen LogP contribution in [0, 0.1) is 0 Å². The second-order valence-electron chi connectivity index (χ2n) is 3.17. The molecule has 0 aliphatic carbocycles. The zero-order valence-electron chi connectivity index (χ0n) is 8.08. The van der Waals surface area contributed by atoms with E-state index in [1.165, 1.54) is 17.2 Å². The molecule has 7 nitrogen and oxygen atoms in total. The molecule has 0 saturated heterocycles. The van der Waals surface area contributed by atoms with Crippen molar-refractivity contribution in [2.45, 2.75) is 13.0 Å². The predicted molar refractivity (Wildman–Crippen MR) is 54.0 cm³/mol. The molecule has 0 aliphatic rings. The van der Waals surface area contributed by atoms with Gasteiger partial charge < -0.3 is 11.5 Å². The van der Waals surface area contributed by atoms with Crippen molar-refractivity contribution in [1.82, 2.24) is 19.5 Å². The van der Waals surface area contributed by atoms with E-state index in [2.05, 4.69) is 15.0 Å². The number of aromatic nitrogens is 4. The van der Waals surface area contributed by atoms with E-state index < -0.39 is 6.04 Å². The Balaban J connectivity index is 2.64. The second-order valence-corrected chi connectivity index (χ2v) is 3.17. The molecular formula is C8H10N6O. The number of fused-ring (bicyclic) bond motifs is 1. The normalized spacial score (nSPS) is 12.9. The first-order valence-electron chi connectivity index (χ1n) is 4.34. The van der Waals surface area contributed by atoms with Crippen LogP contribution in [-0.2, 0) is 0 Å². The van der Waals surface area contributed by atoms with Gasteiger partial charge in [0.15, 0.2) is 17.0 Å². The van der Waals surface area contributed by atoms with E-state index in [-0.39, 0.29) is 11.7 Å². The average molecular weight is 206 g/mol. The third kappa shape index (κ3) is 1.42. The van der Waals surface area contributed by atoms with Crippen LogP contribution < -0.4 is 11.5 Å². The van der Waals surface area contributed by atoms with Crippen molar-refractivity contribution in [2.75, 3.05) is 5.73 Å². The number of hydrogen-bond acceptors (Lipinski definition) is 6. The SMILES string of the molecule is CC(N)C(=O)n1cnc2c(N)ncnc21. The summed E-state index contributed by atoms with van der Waals surface area (Å²) in [6, 6.07) is -0.612. The van der Waals surface area contributed by atoms with Crippen molar-refractivity contribution >= 4 is 22.9 Å². The Labute approximate surface area is 85.1 Å². The number of nitrogen functional groups attached to an aromatic ring is 1. The molecule has 0 radical (unpaired) electrons. The fourth-order valence-electron chi connectivity index (χ4n) is 1.23. The molecule has 7 heteroatoms. The van der Waals surface area contributed by atoms with E-state index in [4.69, 9.17) is 11.5 Å². The van der Waals surface area contributed by atoms with E-state index in [0.29, 0.717) is 11.2 Å². The van der Waals surface area contributed by atoms with Crippen LogP contribution in [0.4, 0.5) is 5.82 Å². The Morgan fingerprint density at radius 2 is 2.20 bits per heavy atom. The lowest BCUT2D eigenvalue weighted by atomic mass is 10.3. The lowest BCUT2D eigenvalue weighted by molar-refractivity contribution is 0.0891. The summed E-state index contributed by atoms with van der Waals surface area (Å²) in [4.78, 5) is 23.3. The number of nitrogens with zero attached hydrogens (tertiary/aromatic N) is 4. The van der Waals surface area contributed by atoms with Crippen molar-refractivity contribution in [2.24, 2.45) is 5.73 Å². The van der Waals surface area contributed by atoms with E-state index in [0.717, 1.165) is 0 Å². The molecule has 78 valence electrons. The van der Waals surface area contributed by atoms with Crippen molar-refractivity contribution in [1.29, 1.82) is 0 Å². The van der Waals surface area contributed by atoms with E-state index in [1.807, 2.05) is 0 Å². The highest BCUT2D eigenvalue weighted by molar-refractivity contribution is 5.93. The van der Waals surface area contributed by atoms with Crippen LogP contribution in [-0.4, -0.2) is 31.5 Å². The first-order chi connectivity index (χ1) is 7.11. The number of carbonyl (C=O) groups excluding carboxylic acids is 1. The lowest BCUT2D eigenvalue weighted by Gasteiger charge is -2.04. The summed E-state index contributed by atoms with van der Waals surface area (Å²) in [5.74, 6) is -0.0353. The number of rotatable bonds is 1. The molecule has 0 fully saturated rings. The third-order valence-electron chi connectivity index (χ3n) is 1.99. The summed E-state index contributed by atoms with van der Waals surface area (Å²) < 4.78 is 1.28. The molecule has 1 atom stereocenters. The molecule has 2 aromatic heterocycles. The quantitative estimate of drug-likeness (QED) is 0.643. The van der Waals surface area contributed by atoms with Crippen LogP contribution in [0.2, 0.25) is 0 Å². The van der Waals surface area contributed by atoms with Gasteiger partial charge in [0.25, 0.3) is 0 Å². The molecule has 0 amide bonds. The summed E-state index contributed by atoms with van der Waals surface area (Å²) in [5, 5.41) is 0. The van der Waals surface area contributed by atoms with Gasteiger partial charge in [-0.25, -0.2) is 15.0 Å². The number of anilines is 1. The van der Waals surface area contributed by atoms with Crippen LogP contribution in [0.3, 0.4) is 0 Å². The Morgan fingerprint density at radius 3 is 2.87 bits per heavy atom. The van der Waals surface area contributed by atoms with Crippen molar-refractivity contribution in [3.63, 3.8) is 0 Å². The minimum Gasteiger partial charge on any atom is -0.382 e. The fraction of sp³-hybridized carbons (Fsp3) is 0.250. The summed E-state index contributed by atoms with van der Waals surface area (Å²) in [6.45, 7) is 1.60. The van der Waals surface area contributed by atoms with Gasteiger partial charge in [-0.05, 0) is 6.92 Å². The summed E-state index contributed by atoms with van der Waals surface area (Å²) in [6.07, 6.45) is 2.63. The molecule has 2 heterocycles. The van der Waals surface area contributed by atoms with Crippen molar-refractivity contribution < 1.29 is 4.79 Å². The van der Waals surface area contributed by atoms with Crippen molar-refractivity contribution in [3.8, 4) is 0 Å². The minimum absolute atomic E-state index is 0.247. The van der Waals surface area contributed by atoms with Gasteiger partial charge >= 0.3 is 0 Å². The highest BCUT2D eigenvalue weighted by Gasteiger charge is 2.15. The number of hydrogen-bond donors (Lipinski definition) is 2. The van der Waals surface area contributed by atoms with Gasteiger partial charge in [0.05, 0.1) is 6.04 Å². The molecule has 0 aromatic carbocycles. The number of carbonyl (C=O) groups is 1.